The molecule has 0 N–H and O–H groups in total. The molecule has 0 amide bonds. The standard InChI is InChI=1S/C14H13N3O3/c1-19-12-4-3-10(8-15)7-11(12)9-17-14(18)6-5-13(16-17)20-2/h3-7H,9H2,1-2H3. The maximum absolute atomic E-state index is 11.8. The van der Waals surface area contributed by atoms with Crippen molar-refractivity contribution in [3.8, 4) is 17.7 Å². The van der Waals surface area contributed by atoms with E-state index in [1.807, 2.05) is 0 Å². The lowest BCUT2D eigenvalue weighted by Crippen LogP contribution is -2.23. The van der Waals surface area contributed by atoms with Gasteiger partial charge in [-0.3, -0.25) is 4.79 Å². The molecule has 0 aliphatic carbocycles. The lowest BCUT2D eigenvalue weighted by molar-refractivity contribution is 0.376. The Labute approximate surface area is 115 Å². The zero-order chi connectivity index (χ0) is 14.5. The average Bonchev–Trinajstić information content (AvgIpc) is 2.49. The molecule has 0 radical (unpaired) electrons. The molecule has 0 atom stereocenters. The minimum Gasteiger partial charge on any atom is -0.496 e. The molecule has 2 rings (SSSR count). The van der Waals surface area contributed by atoms with Gasteiger partial charge < -0.3 is 9.47 Å². The molecule has 0 spiro atoms. The number of nitrogens with zero attached hydrogens (tertiary/aromatic N) is 3. The monoisotopic (exact) mass is 271 g/mol. The second kappa shape index (κ2) is 5.89. The van der Waals surface area contributed by atoms with Crippen LogP contribution in [0.2, 0.25) is 0 Å². The molecular formula is C14H13N3O3. The van der Waals surface area contributed by atoms with Gasteiger partial charge in [-0.2, -0.15) is 5.26 Å². The molecule has 0 saturated heterocycles. The van der Waals surface area contributed by atoms with Crippen LogP contribution in [0.25, 0.3) is 0 Å². The molecule has 0 aliphatic heterocycles. The first-order valence-electron chi connectivity index (χ1n) is 5.87. The predicted molar refractivity (Wildman–Crippen MR) is 71.9 cm³/mol. The Morgan fingerprint density at radius 3 is 2.70 bits per heavy atom. The number of rotatable bonds is 4. The summed E-state index contributed by atoms with van der Waals surface area (Å²) in [6, 6.07) is 9.96. The van der Waals surface area contributed by atoms with Crippen LogP contribution in [0.15, 0.2) is 35.1 Å². The predicted octanol–water partition coefficient (Wildman–Crippen LogP) is 1.18. The van der Waals surface area contributed by atoms with E-state index in [4.69, 9.17) is 14.7 Å². The fraction of sp³-hybridized carbons (Fsp3) is 0.214. The molecule has 6 nitrogen and oxygen atoms in total. The fourth-order valence-corrected chi connectivity index (χ4v) is 1.79. The maximum Gasteiger partial charge on any atom is 0.267 e. The van der Waals surface area contributed by atoms with Crippen molar-refractivity contribution in [2.45, 2.75) is 6.54 Å². The van der Waals surface area contributed by atoms with Gasteiger partial charge in [0.1, 0.15) is 5.75 Å². The van der Waals surface area contributed by atoms with Crippen LogP contribution in [-0.4, -0.2) is 24.0 Å². The Kier molecular flexibility index (Phi) is 4.01. The molecule has 1 aromatic carbocycles. The summed E-state index contributed by atoms with van der Waals surface area (Å²) >= 11 is 0. The van der Waals surface area contributed by atoms with Gasteiger partial charge >= 0.3 is 0 Å². The number of methoxy groups -OCH3 is 2. The number of benzene rings is 1. The lowest BCUT2D eigenvalue weighted by Gasteiger charge is -2.10. The van der Waals surface area contributed by atoms with Gasteiger partial charge in [0.2, 0.25) is 5.88 Å². The summed E-state index contributed by atoms with van der Waals surface area (Å²) < 4.78 is 11.5. The first-order valence-corrected chi connectivity index (χ1v) is 5.87. The van der Waals surface area contributed by atoms with Gasteiger partial charge in [-0.25, -0.2) is 4.68 Å². The van der Waals surface area contributed by atoms with E-state index in [1.54, 1.807) is 18.2 Å². The molecular weight excluding hydrogens is 258 g/mol. The van der Waals surface area contributed by atoms with E-state index in [-0.39, 0.29) is 12.1 Å². The van der Waals surface area contributed by atoms with Crippen LogP contribution in [0.5, 0.6) is 11.6 Å². The summed E-state index contributed by atoms with van der Waals surface area (Å²) in [7, 11) is 3.01. The van der Waals surface area contributed by atoms with E-state index in [0.717, 1.165) is 0 Å². The van der Waals surface area contributed by atoms with E-state index in [2.05, 4.69) is 11.2 Å². The maximum atomic E-state index is 11.8. The van der Waals surface area contributed by atoms with E-state index in [1.165, 1.54) is 31.0 Å². The third-order valence-corrected chi connectivity index (χ3v) is 2.78. The highest BCUT2D eigenvalue weighted by molar-refractivity contribution is 5.42. The third kappa shape index (κ3) is 2.78. The van der Waals surface area contributed by atoms with Gasteiger partial charge in [0.25, 0.3) is 5.56 Å². The van der Waals surface area contributed by atoms with Crippen LogP contribution in [0.3, 0.4) is 0 Å². The first-order chi connectivity index (χ1) is 9.67. The van der Waals surface area contributed by atoms with Crippen LogP contribution in [-0.2, 0) is 6.54 Å². The average molecular weight is 271 g/mol. The van der Waals surface area contributed by atoms with Gasteiger partial charge in [0.15, 0.2) is 0 Å². The second-order valence-corrected chi connectivity index (χ2v) is 4.01. The molecule has 20 heavy (non-hydrogen) atoms. The van der Waals surface area contributed by atoms with Crippen LogP contribution in [0.4, 0.5) is 0 Å². The van der Waals surface area contributed by atoms with Crippen molar-refractivity contribution in [2.75, 3.05) is 14.2 Å². The molecule has 2 aromatic rings. The zero-order valence-electron chi connectivity index (χ0n) is 11.2. The van der Waals surface area contributed by atoms with Crippen LogP contribution >= 0.6 is 0 Å². The molecule has 0 aliphatic rings. The van der Waals surface area contributed by atoms with Crippen molar-refractivity contribution in [3.05, 3.63) is 51.8 Å². The van der Waals surface area contributed by atoms with Crippen molar-refractivity contribution < 1.29 is 9.47 Å². The molecule has 1 aromatic heterocycles. The Morgan fingerprint density at radius 1 is 1.25 bits per heavy atom. The van der Waals surface area contributed by atoms with Crippen LogP contribution in [0, 0.1) is 11.3 Å². The molecule has 0 saturated carbocycles. The topological polar surface area (TPSA) is 77.1 Å². The number of hydrogen-bond acceptors (Lipinski definition) is 5. The number of aromatic nitrogens is 2. The van der Waals surface area contributed by atoms with Gasteiger partial charge in [0.05, 0.1) is 32.4 Å². The largest absolute Gasteiger partial charge is 0.496 e. The van der Waals surface area contributed by atoms with Gasteiger partial charge in [-0.05, 0) is 18.2 Å². The SMILES string of the molecule is COc1ccc(=O)n(Cc2cc(C#N)ccc2OC)n1. The van der Waals surface area contributed by atoms with Crippen LogP contribution < -0.4 is 15.0 Å². The van der Waals surface area contributed by atoms with E-state index < -0.39 is 0 Å². The number of ether oxygens (including phenoxy) is 2. The summed E-state index contributed by atoms with van der Waals surface area (Å²) in [5.41, 5.74) is 0.946. The van der Waals surface area contributed by atoms with Crippen molar-refractivity contribution in [3.63, 3.8) is 0 Å². The second-order valence-electron chi connectivity index (χ2n) is 4.01. The number of hydrogen-bond donors (Lipinski definition) is 0. The normalized spacial score (nSPS) is 9.85. The highest BCUT2D eigenvalue weighted by atomic mass is 16.5. The molecule has 6 heteroatoms. The highest BCUT2D eigenvalue weighted by Gasteiger charge is 2.08. The van der Waals surface area contributed by atoms with Crippen molar-refractivity contribution >= 4 is 0 Å². The van der Waals surface area contributed by atoms with E-state index in [0.29, 0.717) is 22.8 Å². The summed E-state index contributed by atoms with van der Waals surface area (Å²) in [6.45, 7) is 0.203. The quantitative estimate of drug-likeness (QED) is 0.834. The third-order valence-electron chi connectivity index (χ3n) is 2.78. The molecule has 1 heterocycles. The van der Waals surface area contributed by atoms with E-state index in [9.17, 15) is 4.79 Å². The summed E-state index contributed by atoms with van der Waals surface area (Å²) in [5, 5.41) is 13.0. The first kappa shape index (κ1) is 13.6. The summed E-state index contributed by atoms with van der Waals surface area (Å²) in [5.74, 6) is 0.945. The zero-order valence-corrected chi connectivity index (χ0v) is 11.2. The molecule has 0 bridgehead atoms. The number of nitriles is 1. The van der Waals surface area contributed by atoms with Gasteiger partial charge in [-0.15, -0.1) is 5.10 Å². The molecule has 0 unspecified atom stereocenters. The Morgan fingerprint density at radius 2 is 2.05 bits per heavy atom. The smallest absolute Gasteiger partial charge is 0.267 e. The van der Waals surface area contributed by atoms with Crippen molar-refractivity contribution in [1.82, 2.24) is 9.78 Å². The minimum atomic E-state index is -0.254. The van der Waals surface area contributed by atoms with Crippen LogP contribution in [0.1, 0.15) is 11.1 Å². The van der Waals surface area contributed by atoms with E-state index >= 15 is 0 Å². The Bertz CT molecular complexity index is 716. The Hall–Kier alpha value is -2.81. The lowest BCUT2D eigenvalue weighted by atomic mass is 10.1. The van der Waals surface area contributed by atoms with Crippen molar-refractivity contribution in [2.24, 2.45) is 0 Å². The summed E-state index contributed by atoms with van der Waals surface area (Å²) in [6.07, 6.45) is 0. The van der Waals surface area contributed by atoms with Gasteiger partial charge in [0, 0.05) is 17.7 Å². The molecule has 0 fully saturated rings. The molecule has 102 valence electrons. The summed E-state index contributed by atoms with van der Waals surface area (Å²) in [4.78, 5) is 11.8. The Balaban J connectivity index is 2.44. The van der Waals surface area contributed by atoms with Crippen molar-refractivity contribution in [1.29, 1.82) is 5.26 Å². The highest BCUT2D eigenvalue weighted by Crippen LogP contribution is 2.20. The van der Waals surface area contributed by atoms with Gasteiger partial charge in [-0.1, -0.05) is 0 Å². The minimum absolute atomic E-state index is 0.203. The fourth-order valence-electron chi connectivity index (χ4n) is 1.79.